The molecule has 0 aliphatic heterocycles. The Labute approximate surface area is 95.0 Å². The van der Waals surface area contributed by atoms with Crippen LogP contribution in [0.15, 0.2) is 18.3 Å². The van der Waals surface area contributed by atoms with Crippen LogP contribution in [-0.2, 0) is 11.3 Å². The molecule has 5 nitrogen and oxygen atoms in total. The Bertz CT molecular complexity index is 323. The van der Waals surface area contributed by atoms with Gasteiger partial charge in [-0.15, -0.1) is 0 Å². The fraction of sp³-hybridized carbons (Fsp3) is 0.545. The van der Waals surface area contributed by atoms with E-state index in [-0.39, 0.29) is 12.5 Å². The zero-order valence-electron chi connectivity index (χ0n) is 9.48. The lowest BCUT2D eigenvalue weighted by Gasteiger charge is -2.08. The lowest BCUT2D eigenvalue weighted by Crippen LogP contribution is -2.27. The van der Waals surface area contributed by atoms with Crippen LogP contribution in [-0.4, -0.2) is 42.4 Å². The molecule has 1 heterocycles. The number of carbonyl (C=O) groups excluding carboxylic acids is 1. The van der Waals surface area contributed by atoms with Crippen LogP contribution >= 0.6 is 0 Å². The van der Waals surface area contributed by atoms with Crippen molar-refractivity contribution in [2.75, 3.05) is 26.9 Å². The van der Waals surface area contributed by atoms with Crippen molar-refractivity contribution in [2.45, 2.75) is 13.0 Å². The number of amides is 1. The smallest absolute Gasteiger partial charge is 0.267 e. The van der Waals surface area contributed by atoms with Gasteiger partial charge < -0.3 is 19.7 Å². The van der Waals surface area contributed by atoms with Gasteiger partial charge in [-0.3, -0.25) is 4.79 Å². The van der Waals surface area contributed by atoms with Gasteiger partial charge in [0.1, 0.15) is 5.69 Å². The van der Waals surface area contributed by atoms with Gasteiger partial charge in [0.2, 0.25) is 0 Å². The number of methoxy groups -OCH3 is 1. The van der Waals surface area contributed by atoms with E-state index < -0.39 is 0 Å². The summed E-state index contributed by atoms with van der Waals surface area (Å²) in [4.78, 5) is 11.7. The molecule has 1 aromatic heterocycles. The van der Waals surface area contributed by atoms with E-state index in [4.69, 9.17) is 9.84 Å². The molecule has 1 amide bonds. The molecule has 1 rings (SSSR count). The van der Waals surface area contributed by atoms with E-state index in [1.807, 2.05) is 16.8 Å². The minimum absolute atomic E-state index is 0.0883. The fourth-order valence-electron chi connectivity index (χ4n) is 1.38. The zero-order valence-corrected chi connectivity index (χ0v) is 9.48. The molecule has 0 bridgehead atoms. The summed E-state index contributed by atoms with van der Waals surface area (Å²) < 4.78 is 6.81. The van der Waals surface area contributed by atoms with E-state index in [9.17, 15) is 4.79 Å². The lowest BCUT2D eigenvalue weighted by molar-refractivity contribution is 0.0939. The lowest BCUT2D eigenvalue weighted by atomic mass is 10.3. The van der Waals surface area contributed by atoms with Gasteiger partial charge in [-0.1, -0.05) is 0 Å². The van der Waals surface area contributed by atoms with Crippen molar-refractivity contribution in [3.63, 3.8) is 0 Å². The number of rotatable bonds is 7. The van der Waals surface area contributed by atoms with Crippen molar-refractivity contribution in [2.24, 2.45) is 0 Å². The van der Waals surface area contributed by atoms with Gasteiger partial charge in [0.25, 0.3) is 5.91 Å². The van der Waals surface area contributed by atoms with Gasteiger partial charge in [-0.25, -0.2) is 0 Å². The molecule has 0 saturated heterocycles. The van der Waals surface area contributed by atoms with Gasteiger partial charge in [0, 0.05) is 33.0 Å². The predicted octanol–water partition coefficient (Wildman–Crippen LogP) is 0.247. The summed E-state index contributed by atoms with van der Waals surface area (Å²) in [5, 5.41) is 11.3. The molecule has 2 N–H and O–H groups in total. The summed E-state index contributed by atoms with van der Waals surface area (Å²) in [6.07, 6.45) is 2.42. The number of carbonyl (C=O) groups is 1. The second-order valence-electron chi connectivity index (χ2n) is 3.41. The van der Waals surface area contributed by atoms with Crippen LogP contribution in [0.25, 0.3) is 0 Å². The van der Waals surface area contributed by atoms with Crippen LogP contribution in [0.1, 0.15) is 16.9 Å². The highest BCUT2D eigenvalue weighted by molar-refractivity contribution is 5.92. The Morgan fingerprint density at radius 2 is 2.44 bits per heavy atom. The number of aromatic nitrogens is 1. The van der Waals surface area contributed by atoms with Gasteiger partial charge in [0.05, 0.1) is 6.61 Å². The summed E-state index contributed by atoms with van der Waals surface area (Å²) in [5.74, 6) is -0.116. The SMILES string of the molecule is COCCn1cccc1C(=O)NCCCO. The van der Waals surface area contributed by atoms with E-state index in [0.29, 0.717) is 31.8 Å². The first-order valence-electron chi connectivity index (χ1n) is 5.32. The monoisotopic (exact) mass is 226 g/mol. The highest BCUT2D eigenvalue weighted by Crippen LogP contribution is 2.02. The number of nitrogens with zero attached hydrogens (tertiary/aromatic N) is 1. The molecule has 0 spiro atoms. The summed E-state index contributed by atoms with van der Waals surface area (Å²) >= 11 is 0. The largest absolute Gasteiger partial charge is 0.396 e. The molecule has 0 aliphatic carbocycles. The van der Waals surface area contributed by atoms with Crippen LogP contribution in [0.5, 0.6) is 0 Å². The van der Waals surface area contributed by atoms with Crippen LogP contribution in [0.2, 0.25) is 0 Å². The predicted molar refractivity (Wildman–Crippen MR) is 60.3 cm³/mol. The molecule has 0 aliphatic rings. The third-order valence-corrected chi connectivity index (χ3v) is 2.22. The molecule has 0 saturated carbocycles. The highest BCUT2D eigenvalue weighted by atomic mass is 16.5. The fourth-order valence-corrected chi connectivity index (χ4v) is 1.38. The number of hydrogen-bond acceptors (Lipinski definition) is 3. The molecule has 5 heteroatoms. The summed E-state index contributed by atoms with van der Waals surface area (Å²) in [7, 11) is 1.63. The molecular formula is C11H18N2O3. The summed E-state index contributed by atoms with van der Waals surface area (Å²) in [6, 6.07) is 3.60. The van der Waals surface area contributed by atoms with E-state index in [1.165, 1.54) is 0 Å². The minimum atomic E-state index is -0.116. The van der Waals surface area contributed by atoms with Gasteiger partial charge in [-0.05, 0) is 18.6 Å². The molecule has 0 atom stereocenters. The van der Waals surface area contributed by atoms with Crippen LogP contribution in [0.4, 0.5) is 0 Å². The van der Waals surface area contributed by atoms with Crippen LogP contribution in [0.3, 0.4) is 0 Å². The molecule has 90 valence electrons. The Kier molecular flexibility index (Phi) is 5.60. The van der Waals surface area contributed by atoms with Crippen LogP contribution in [0, 0.1) is 0 Å². The van der Waals surface area contributed by atoms with E-state index >= 15 is 0 Å². The average Bonchev–Trinajstić information content (AvgIpc) is 2.74. The van der Waals surface area contributed by atoms with Gasteiger partial charge in [0.15, 0.2) is 0 Å². The maximum Gasteiger partial charge on any atom is 0.267 e. The van der Waals surface area contributed by atoms with E-state index in [2.05, 4.69) is 5.32 Å². The third kappa shape index (κ3) is 3.67. The Balaban J connectivity index is 2.50. The first kappa shape index (κ1) is 12.7. The molecule has 0 unspecified atom stereocenters. The Morgan fingerprint density at radius 3 is 3.12 bits per heavy atom. The number of aliphatic hydroxyl groups is 1. The zero-order chi connectivity index (χ0) is 11.8. The number of nitrogens with one attached hydrogen (secondary N) is 1. The first-order valence-corrected chi connectivity index (χ1v) is 5.32. The first-order chi connectivity index (χ1) is 7.79. The van der Waals surface area contributed by atoms with Gasteiger partial charge in [-0.2, -0.15) is 0 Å². The molecule has 1 aromatic rings. The highest BCUT2D eigenvalue weighted by Gasteiger charge is 2.09. The van der Waals surface area contributed by atoms with Gasteiger partial charge >= 0.3 is 0 Å². The molecule has 0 fully saturated rings. The normalized spacial score (nSPS) is 10.4. The van der Waals surface area contributed by atoms with Crippen molar-refractivity contribution in [1.82, 2.24) is 9.88 Å². The quantitative estimate of drug-likeness (QED) is 0.655. The summed E-state index contributed by atoms with van der Waals surface area (Å²) in [6.45, 7) is 1.81. The third-order valence-electron chi connectivity index (χ3n) is 2.22. The molecular weight excluding hydrogens is 208 g/mol. The molecule has 0 radical (unpaired) electrons. The maximum atomic E-state index is 11.7. The Hall–Kier alpha value is -1.33. The average molecular weight is 226 g/mol. The number of aliphatic hydroxyl groups excluding tert-OH is 1. The molecule has 0 aromatic carbocycles. The maximum absolute atomic E-state index is 11.7. The second-order valence-corrected chi connectivity index (χ2v) is 3.41. The minimum Gasteiger partial charge on any atom is -0.396 e. The van der Waals surface area contributed by atoms with Crippen molar-refractivity contribution < 1.29 is 14.6 Å². The molecule has 16 heavy (non-hydrogen) atoms. The van der Waals surface area contributed by atoms with Crippen molar-refractivity contribution >= 4 is 5.91 Å². The number of ether oxygens (including phenoxy) is 1. The van der Waals surface area contributed by atoms with Crippen LogP contribution < -0.4 is 5.32 Å². The van der Waals surface area contributed by atoms with E-state index in [0.717, 1.165) is 0 Å². The number of hydrogen-bond donors (Lipinski definition) is 2. The van der Waals surface area contributed by atoms with Crippen molar-refractivity contribution in [3.8, 4) is 0 Å². The standard InChI is InChI=1S/C11H18N2O3/c1-16-9-7-13-6-2-4-10(13)11(15)12-5-3-8-14/h2,4,6,14H,3,5,7-9H2,1H3,(H,12,15). The van der Waals surface area contributed by atoms with Crippen molar-refractivity contribution in [3.05, 3.63) is 24.0 Å². The van der Waals surface area contributed by atoms with Crippen molar-refractivity contribution in [1.29, 1.82) is 0 Å². The summed E-state index contributed by atoms with van der Waals surface area (Å²) in [5.41, 5.74) is 0.620. The second kappa shape index (κ2) is 7.03. The topological polar surface area (TPSA) is 63.5 Å². The van der Waals surface area contributed by atoms with E-state index in [1.54, 1.807) is 13.2 Å². The Morgan fingerprint density at radius 1 is 1.62 bits per heavy atom.